The Hall–Kier alpha value is -0.700. The molecule has 0 aromatic rings. The van der Waals surface area contributed by atoms with E-state index in [1.807, 2.05) is 6.92 Å². The first-order valence-electron chi connectivity index (χ1n) is 5.02. The van der Waals surface area contributed by atoms with Crippen LogP contribution in [0, 0.1) is 5.41 Å². The number of methoxy groups -OCH3 is 1. The van der Waals surface area contributed by atoms with Gasteiger partial charge < -0.3 is 10.5 Å². The van der Waals surface area contributed by atoms with Crippen molar-refractivity contribution in [2.24, 2.45) is 5.73 Å². The number of rotatable bonds is 9. The lowest BCUT2D eigenvalue weighted by Gasteiger charge is -2.16. The molecule has 0 fully saturated rings. The van der Waals surface area contributed by atoms with Gasteiger partial charge in [0.1, 0.15) is 5.84 Å². The van der Waals surface area contributed by atoms with Gasteiger partial charge >= 0.3 is 0 Å². The van der Waals surface area contributed by atoms with Crippen molar-refractivity contribution in [1.29, 1.82) is 5.41 Å². The number of nitrogens with two attached hydrogens (primary N) is 1. The maximum absolute atomic E-state index is 11.5. The predicted molar refractivity (Wildman–Crippen MR) is 62.5 cm³/mol. The molecular formula is C8H20N4O3S. The second-order valence-corrected chi connectivity index (χ2v) is 4.84. The van der Waals surface area contributed by atoms with Crippen LogP contribution in [0.2, 0.25) is 0 Å². The summed E-state index contributed by atoms with van der Waals surface area (Å²) in [7, 11) is -2.14. The number of nitrogens with one attached hydrogen (secondary N) is 3. The van der Waals surface area contributed by atoms with Gasteiger partial charge in [-0.1, -0.05) is 13.3 Å². The lowest BCUT2D eigenvalue weighted by molar-refractivity contribution is 0.204. The molecule has 16 heavy (non-hydrogen) atoms. The van der Waals surface area contributed by atoms with Crippen LogP contribution in [-0.4, -0.2) is 40.6 Å². The third-order valence-electron chi connectivity index (χ3n) is 1.85. The van der Waals surface area contributed by atoms with Crippen molar-refractivity contribution < 1.29 is 13.2 Å². The summed E-state index contributed by atoms with van der Waals surface area (Å²) >= 11 is 0. The number of hydrogen-bond donors (Lipinski definition) is 4. The van der Waals surface area contributed by atoms with Crippen molar-refractivity contribution >= 4 is 16.0 Å². The summed E-state index contributed by atoms with van der Waals surface area (Å²) in [6, 6.07) is -0.648. The summed E-state index contributed by atoms with van der Waals surface area (Å²) in [5, 5.41) is 7.25. The van der Waals surface area contributed by atoms with E-state index < -0.39 is 16.3 Å². The minimum atomic E-state index is -3.62. The van der Waals surface area contributed by atoms with E-state index in [4.69, 9.17) is 15.9 Å². The summed E-state index contributed by atoms with van der Waals surface area (Å²) in [4.78, 5) is 0. The molecule has 96 valence electrons. The Kier molecular flexibility index (Phi) is 7.22. The lowest BCUT2D eigenvalue weighted by Crippen LogP contribution is -2.49. The van der Waals surface area contributed by atoms with Gasteiger partial charge in [-0.3, -0.25) is 5.41 Å². The smallest absolute Gasteiger partial charge is 0.277 e. The molecule has 0 bridgehead atoms. The fourth-order valence-electron chi connectivity index (χ4n) is 1.07. The highest BCUT2D eigenvalue weighted by molar-refractivity contribution is 7.87. The minimum absolute atomic E-state index is 0.182. The summed E-state index contributed by atoms with van der Waals surface area (Å²) < 4.78 is 32.2. The quantitative estimate of drug-likeness (QED) is 0.243. The van der Waals surface area contributed by atoms with Gasteiger partial charge in [-0.15, -0.1) is 0 Å². The Morgan fingerprint density at radius 1 is 1.56 bits per heavy atom. The maximum Gasteiger partial charge on any atom is 0.277 e. The molecule has 0 aliphatic heterocycles. The van der Waals surface area contributed by atoms with E-state index in [1.54, 1.807) is 0 Å². The average Bonchev–Trinajstić information content (AvgIpc) is 2.17. The first kappa shape index (κ1) is 15.3. The summed E-state index contributed by atoms with van der Waals surface area (Å²) in [5.74, 6) is -0.182. The van der Waals surface area contributed by atoms with Crippen LogP contribution in [0.1, 0.15) is 19.8 Å². The Bertz CT molecular complexity index is 304. The molecule has 0 rings (SSSR count). The van der Waals surface area contributed by atoms with Gasteiger partial charge in [0.2, 0.25) is 0 Å². The molecule has 0 aliphatic carbocycles. The van der Waals surface area contributed by atoms with E-state index in [1.165, 1.54) is 7.11 Å². The molecule has 8 heteroatoms. The van der Waals surface area contributed by atoms with E-state index in [2.05, 4.69) is 9.44 Å². The topological polar surface area (TPSA) is 117 Å². The van der Waals surface area contributed by atoms with E-state index in [0.717, 1.165) is 6.42 Å². The molecule has 0 heterocycles. The molecule has 0 amide bonds. The zero-order valence-electron chi connectivity index (χ0n) is 9.62. The van der Waals surface area contributed by atoms with Gasteiger partial charge in [-0.25, -0.2) is 0 Å². The highest BCUT2D eigenvalue weighted by Crippen LogP contribution is 1.97. The zero-order chi connectivity index (χ0) is 12.6. The van der Waals surface area contributed by atoms with Gasteiger partial charge in [0.25, 0.3) is 10.2 Å². The van der Waals surface area contributed by atoms with Gasteiger partial charge in [0.05, 0.1) is 12.6 Å². The molecule has 0 radical (unpaired) electrons. The van der Waals surface area contributed by atoms with Crippen LogP contribution in [0.15, 0.2) is 0 Å². The highest BCUT2D eigenvalue weighted by atomic mass is 32.2. The maximum atomic E-state index is 11.5. The van der Waals surface area contributed by atoms with E-state index in [0.29, 0.717) is 13.0 Å². The largest absolute Gasteiger partial charge is 0.386 e. The molecule has 7 nitrogen and oxygen atoms in total. The molecule has 0 aliphatic rings. The molecule has 0 aromatic carbocycles. The fraction of sp³-hybridized carbons (Fsp3) is 0.875. The van der Waals surface area contributed by atoms with Crippen LogP contribution in [0.25, 0.3) is 0 Å². The zero-order valence-corrected chi connectivity index (χ0v) is 10.4. The number of amidine groups is 1. The van der Waals surface area contributed by atoms with Crippen LogP contribution in [-0.2, 0) is 14.9 Å². The Morgan fingerprint density at radius 3 is 2.62 bits per heavy atom. The van der Waals surface area contributed by atoms with Crippen LogP contribution in [0.4, 0.5) is 0 Å². The second-order valence-electron chi connectivity index (χ2n) is 3.31. The van der Waals surface area contributed by atoms with Crippen LogP contribution in [0.3, 0.4) is 0 Å². The average molecular weight is 252 g/mol. The minimum Gasteiger partial charge on any atom is -0.386 e. The molecular weight excluding hydrogens is 232 g/mol. The van der Waals surface area contributed by atoms with Crippen LogP contribution in [0.5, 0.6) is 0 Å². The highest BCUT2D eigenvalue weighted by Gasteiger charge is 2.18. The Balaban J connectivity index is 4.25. The summed E-state index contributed by atoms with van der Waals surface area (Å²) in [6.07, 6.45) is 1.24. The van der Waals surface area contributed by atoms with Gasteiger partial charge in [0.15, 0.2) is 0 Å². The number of hydrogen-bond acceptors (Lipinski definition) is 4. The summed E-state index contributed by atoms with van der Waals surface area (Å²) in [5.41, 5.74) is 5.29. The van der Waals surface area contributed by atoms with Gasteiger partial charge in [-0.2, -0.15) is 17.9 Å². The lowest BCUT2D eigenvalue weighted by atomic mass is 10.2. The Labute approximate surface area is 96.4 Å². The molecule has 5 N–H and O–H groups in total. The van der Waals surface area contributed by atoms with E-state index >= 15 is 0 Å². The second kappa shape index (κ2) is 7.55. The molecule has 0 saturated heterocycles. The van der Waals surface area contributed by atoms with E-state index in [9.17, 15) is 8.42 Å². The molecule has 1 unspecified atom stereocenters. The molecule has 1 atom stereocenters. The fourth-order valence-corrected chi connectivity index (χ4v) is 2.13. The van der Waals surface area contributed by atoms with Crippen molar-refractivity contribution in [2.75, 3.05) is 20.3 Å². The molecule has 0 saturated carbocycles. The predicted octanol–water partition coefficient (Wildman–Crippen LogP) is -0.839. The van der Waals surface area contributed by atoms with Crippen molar-refractivity contribution in [3.05, 3.63) is 0 Å². The van der Waals surface area contributed by atoms with Crippen LogP contribution < -0.4 is 15.2 Å². The monoisotopic (exact) mass is 252 g/mol. The van der Waals surface area contributed by atoms with Gasteiger partial charge in [-0.05, 0) is 6.42 Å². The first-order valence-corrected chi connectivity index (χ1v) is 6.51. The standard InChI is InChI=1S/C8H20N4O3S/c1-3-4-7(8(9)10)12-16(13,14)11-5-6-15-2/h7,11-12H,3-6H2,1-2H3,(H3,9,10). The summed E-state index contributed by atoms with van der Waals surface area (Å²) in [6.45, 7) is 2.37. The van der Waals surface area contributed by atoms with Crippen molar-refractivity contribution in [3.8, 4) is 0 Å². The normalized spacial score (nSPS) is 13.6. The van der Waals surface area contributed by atoms with Gasteiger partial charge in [0, 0.05) is 13.7 Å². The van der Waals surface area contributed by atoms with Crippen molar-refractivity contribution in [2.45, 2.75) is 25.8 Å². The molecule has 0 aromatic heterocycles. The van der Waals surface area contributed by atoms with Crippen LogP contribution >= 0.6 is 0 Å². The Morgan fingerprint density at radius 2 is 2.19 bits per heavy atom. The first-order chi connectivity index (χ1) is 7.43. The third kappa shape index (κ3) is 6.72. The molecule has 0 spiro atoms. The van der Waals surface area contributed by atoms with E-state index in [-0.39, 0.29) is 12.4 Å². The van der Waals surface area contributed by atoms with Crippen molar-refractivity contribution in [3.63, 3.8) is 0 Å². The number of ether oxygens (including phenoxy) is 1. The van der Waals surface area contributed by atoms with Crippen molar-refractivity contribution in [1.82, 2.24) is 9.44 Å². The third-order valence-corrected chi connectivity index (χ3v) is 3.03. The SMILES string of the molecule is CCCC(NS(=O)(=O)NCCOC)C(=N)N.